The van der Waals surface area contributed by atoms with E-state index in [4.69, 9.17) is 16.9 Å². The maximum Gasteiger partial charge on any atom is 0.0991 e. The molecule has 1 heterocycles. The molecule has 2 nitrogen and oxygen atoms in total. The zero-order valence-corrected chi connectivity index (χ0v) is 11.9. The Bertz CT molecular complexity index is 874. The van der Waals surface area contributed by atoms with E-state index in [1.807, 2.05) is 36.4 Å². The molecule has 3 heteroatoms. The van der Waals surface area contributed by atoms with Crippen LogP contribution in [0.15, 0.2) is 55.1 Å². The minimum atomic E-state index is 0.625. The molecular formula is C18H11ClN2. The zero-order valence-electron chi connectivity index (χ0n) is 11.2. The fraction of sp³-hybridized carbons (Fsp3) is 0. The van der Waals surface area contributed by atoms with Crippen LogP contribution in [0.3, 0.4) is 0 Å². The fourth-order valence-corrected chi connectivity index (χ4v) is 2.46. The van der Waals surface area contributed by atoms with Crippen molar-refractivity contribution in [2.75, 3.05) is 0 Å². The zero-order chi connectivity index (χ0) is 14.8. The van der Waals surface area contributed by atoms with Gasteiger partial charge in [-0.3, -0.25) is 0 Å². The van der Waals surface area contributed by atoms with Gasteiger partial charge in [0.1, 0.15) is 0 Å². The average Bonchev–Trinajstić information content (AvgIpc) is 2.54. The summed E-state index contributed by atoms with van der Waals surface area (Å²) in [5.41, 5.74) is 4.18. The summed E-state index contributed by atoms with van der Waals surface area (Å²) in [6, 6.07) is 17.1. The van der Waals surface area contributed by atoms with Crippen molar-refractivity contribution in [2.24, 2.45) is 0 Å². The third-order valence-corrected chi connectivity index (χ3v) is 3.64. The molecule has 0 saturated heterocycles. The summed E-state index contributed by atoms with van der Waals surface area (Å²) >= 11 is 6.35. The second-order valence-electron chi connectivity index (χ2n) is 4.66. The van der Waals surface area contributed by atoms with Crippen LogP contribution in [0.5, 0.6) is 0 Å². The molecule has 3 rings (SSSR count). The van der Waals surface area contributed by atoms with Gasteiger partial charge in [0.15, 0.2) is 0 Å². The number of aromatic nitrogens is 1. The van der Waals surface area contributed by atoms with E-state index in [9.17, 15) is 0 Å². The molecule has 0 saturated carbocycles. The Kier molecular flexibility index (Phi) is 3.43. The molecule has 0 spiro atoms. The van der Waals surface area contributed by atoms with Gasteiger partial charge in [0.05, 0.1) is 27.9 Å². The molecule has 0 atom stereocenters. The predicted octanol–water partition coefficient (Wildman–Crippen LogP) is 5.07. The first kappa shape index (κ1) is 13.4. The number of hydrogen-bond donors (Lipinski definition) is 0. The minimum absolute atomic E-state index is 0.625. The molecule has 0 amide bonds. The highest BCUT2D eigenvalue weighted by atomic mass is 35.5. The van der Waals surface area contributed by atoms with Crippen molar-refractivity contribution in [2.45, 2.75) is 0 Å². The van der Waals surface area contributed by atoms with E-state index in [2.05, 4.69) is 17.6 Å². The highest BCUT2D eigenvalue weighted by Gasteiger charge is 2.07. The minimum Gasteiger partial charge on any atom is -0.248 e. The molecule has 0 radical (unpaired) electrons. The van der Waals surface area contributed by atoms with Gasteiger partial charge in [-0.1, -0.05) is 48.5 Å². The summed E-state index contributed by atoms with van der Waals surface area (Å²) in [7, 11) is 0. The van der Waals surface area contributed by atoms with E-state index >= 15 is 0 Å². The molecule has 0 bridgehead atoms. The lowest BCUT2D eigenvalue weighted by Crippen LogP contribution is -1.88. The monoisotopic (exact) mass is 290 g/mol. The molecule has 0 N–H and O–H groups in total. The number of rotatable bonds is 2. The van der Waals surface area contributed by atoms with E-state index < -0.39 is 0 Å². The van der Waals surface area contributed by atoms with Gasteiger partial charge in [0, 0.05) is 10.9 Å². The van der Waals surface area contributed by atoms with E-state index in [0.29, 0.717) is 10.6 Å². The standard InChI is InChI=1S/C18H11ClN2/c1-2-12-5-8-15-16(19)10-17(21-18(15)9-12)14-6-3-13(11-20)4-7-14/h2-10H,1H2. The first-order valence-corrected chi connectivity index (χ1v) is 6.82. The quantitative estimate of drug-likeness (QED) is 0.660. The Morgan fingerprint density at radius 3 is 2.52 bits per heavy atom. The third-order valence-electron chi connectivity index (χ3n) is 3.33. The van der Waals surface area contributed by atoms with Gasteiger partial charge in [-0.2, -0.15) is 5.26 Å². The second kappa shape index (κ2) is 5.40. The van der Waals surface area contributed by atoms with Crippen molar-refractivity contribution in [3.05, 3.63) is 71.3 Å². The molecule has 0 aliphatic rings. The van der Waals surface area contributed by atoms with E-state index in [0.717, 1.165) is 27.7 Å². The SMILES string of the molecule is C=Cc1ccc2c(Cl)cc(-c3ccc(C#N)cc3)nc2c1. The Hall–Kier alpha value is -2.63. The van der Waals surface area contributed by atoms with Gasteiger partial charge in [-0.25, -0.2) is 4.98 Å². The lowest BCUT2D eigenvalue weighted by atomic mass is 10.1. The highest BCUT2D eigenvalue weighted by molar-refractivity contribution is 6.35. The molecule has 0 aliphatic carbocycles. The topological polar surface area (TPSA) is 36.7 Å². The fourth-order valence-electron chi connectivity index (χ4n) is 2.19. The molecule has 0 unspecified atom stereocenters. The van der Waals surface area contributed by atoms with Crippen molar-refractivity contribution >= 4 is 28.6 Å². The number of nitrogens with zero attached hydrogens (tertiary/aromatic N) is 2. The Morgan fingerprint density at radius 2 is 1.86 bits per heavy atom. The summed E-state index contributed by atoms with van der Waals surface area (Å²) in [6.45, 7) is 3.77. The van der Waals surface area contributed by atoms with Crippen molar-refractivity contribution < 1.29 is 0 Å². The maximum absolute atomic E-state index is 8.85. The first-order chi connectivity index (χ1) is 10.2. The van der Waals surface area contributed by atoms with Crippen molar-refractivity contribution in [1.29, 1.82) is 5.26 Å². The van der Waals surface area contributed by atoms with Crippen molar-refractivity contribution in [3.8, 4) is 17.3 Å². The van der Waals surface area contributed by atoms with Gasteiger partial charge < -0.3 is 0 Å². The average molecular weight is 291 g/mol. The third kappa shape index (κ3) is 2.52. The van der Waals surface area contributed by atoms with Crippen LogP contribution in [-0.2, 0) is 0 Å². The summed E-state index contributed by atoms with van der Waals surface area (Å²) < 4.78 is 0. The Morgan fingerprint density at radius 1 is 1.10 bits per heavy atom. The lowest BCUT2D eigenvalue weighted by molar-refractivity contribution is 1.39. The molecule has 0 fully saturated rings. The van der Waals surface area contributed by atoms with Crippen LogP contribution in [-0.4, -0.2) is 4.98 Å². The molecule has 3 aromatic rings. The Balaban J connectivity index is 2.18. The second-order valence-corrected chi connectivity index (χ2v) is 5.07. The van der Waals surface area contributed by atoms with Crippen LogP contribution >= 0.6 is 11.6 Å². The van der Waals surface area contributed by atoms with Gasteiger partial charge in [0.2, 0.25) is 0 Å². The van der Waals surface area contributed by atoms with Gasteiger partial charge in [0.25, 0.3) is 0 Å². The molecule has 21 heavy (non-hydrogen) atoms. The van der Waals surface area contributed by atoms with E-state index in [-0.39, 0.29) is 0 Å². The molecule has 100 valence electrons. The van der Waals surface area contributed by atoms with E-state index in [1.165, 1.54) is 0 Å². The van der Waals surface area contributed by atoms with Crippen LogP contribution in [0, 0.1) is 11.3 Å². The molecule has 0 aliphatic heterocycles. The number of nitriles is 1. The summed E-state index contributed by atoms with van der Waals surface area (Å²) in [6.07, 6.45) is 1.78. The van der Waals surface area contributed by atoms with Crippen LogP contribution < -0.4 is 0 Å². The summed E-state index contributed by atoms with van der Waals surface area (Å²) in [5.74, 6) is 0. The smallest absolute Gasteiger partial charge is 0.0991 e. The number of hydrogen-bond acceptors (Lipinski definition) is 2. The first-order valence-electron chi connectivity index (χ1n) is 6.44. The molecule has 1 aromatic heterocycles. The number of fused-ring (bicyclic) bond motifs is 1. The maximum atomic E-state index is 8.85. The van der Waals surface area contributed by atoms with Crippen LogP contribution in [0.2, 0.25) is 5.02 Å². The van der Waals surface area contributed by atoms with Gasteiger partial charge >= 0.3 is 0 Å². The largest absolute Gasteiger partial charge is 0.248 e. The number of halogens is 1. The lowest BCUT2D eigenvalue weighted by Gasteiger charge is -2.06. The normalized spacial score (nSPS) is 10.3. The highest BCUT2D eigenvalue weighted by Crippen LogP contribution is 2.29. The predicted molar refractivity (Wildman–Crippen MR) is 87.0 cm³/mol. The van der Waals surface area contributed by atoms with Gasteiger partial charge in [-0.05, 0) is 29.8 Å². The van der Waals surface area contributed by atoms with Crippen molar-refractivity contribution in [1.82, 2.24) is 4.98 Å². The Labute approximate surface area is 127 Å². The number of benzene rings is 2. The number of pyridine rings is 1. The van der Waals surface area contributed by atoms with Crippen molar-refractivity contribution in [3.63, 3.8) is 0 Å². The van der Waals surface area contributed by atoms with Crippen LogP contribution in [0.25, 0.3) is 28.2 Å². The summed E-state index contributed by atoms with van der Waals surface area (Å²) in [4.78, 5) is 4.66. The molecule has 2 aromatic carbocycles. The van der Waals surface area contributed by atoms with Crippen LogP contribution in [0.4, 0.5) is 0 Å². The summed E-state index contributed by atoms with van der Waals surface area (Å²) in [5, 5.41) is 10.4. The molecular weight excluding hydrogens is 280 g/mol. The van der Waals surface area contributed by atoms with Gasteiger partial charge in [-0.15, -0.1) is 0 Å². The van der Waals surface area contributed by atoms with Crippen LogP contribution in [0.1, 0.15) is 11.1 Å². The van der Waals surface area contributed by atoms with E-state index in [1.54, 1.807) is 18.2 Å².